The zero-order valence-electron chi connectivity index (χ0n) is 15.1. The van der Waals surface area contributed by atoms with Crippen LogP contribution in [0.2, 0.25) is 5.02 Å². The van der Waals surface area contributed by atoms with E-state index in [1.807, 2.05) is 40.9 Å². The Balaban J connectivity index is 1.51. The van der Waals surface area contributed by atoms with Gasteiger partial charge in [-0.05, 0) is 30.5 Å². The van der Waals surface area contributed by atoms with E-state index in [-0.39, 0.29) is 23.8 Å². The predicted octanol–water partition coefficient (Wildman–Crippen LogP) is 4.04. The summed E-state index contributed by atoms with van der Waals surface area (Å²) in [5, 5.41) is 3.68. The number of halogens is 1. The zero-order valence-corrected chi connectivity index (χ0v) is 16.7. The molecule has 142 valence electrons. The number of benzene rings is 1. The van der Waals surface area contributed by atoms with E-state index in [9.17, 15) is 9.59 Å². The van der Waals surface area contributed by atoms with Crippen LogP contribution in [0.5, 0.6) is 0 Å². The summed E-state index contributed by atoms with van der Waals surface area (Å²) in [7, 11) is 0. The average Bonchev–Trinajstić information content (AvgIpc) is 2.69. The fraction of sp³-hybridized carbons (Fsp3) is 0.600. The van der Waals surface area contributed by atoms with Crippen LogP contribution < -0.4 is 5.32 Å². The van der Waals surface area contributed by atoms with Crippen LogP contribution in [0.1, 0.15) is 50.1 Å². The van der Waals surface area contributed by atoms with Crippen molar-refractivity contribution < 1.29 is 9.59 Å². The minimum atomic E-state index is 0.0903. The number of amides is 2. The monoisotopic (exact) mass is 394 g/mol. The quantitative estimate of drug-likeness (QED) is 0.819. The Morgan fingerprint density at radius 2 is 1.88 bits per heavy atom. The first-order chi connectivity index (χ1) is 12.6. The smallest absolute Gasteiger partial charge is 0.224 e. The first-order valence-corrected chi connectivity index (χ1v) is 11.1. The Morgan fingerprint density at radius 1 is 1.15 bits per heavy atom. The maximum Gasteiger partial charge on any atom is 0.224 e. The molecule has 2 fully saturated rings. The maximum absolute atomic E-state index is 12.7. The Bertz CT molecular complexity index is 617. The molecule has 0 bridgehead atoms. The number of hydrogen-bond donors (Lipinski definition) is 1. The molecule has 1 aliphatic heterocycles. The Labute approximate surface area is 165 Å². The summed E-state index contributed by atoms with van der Waals surface area (Å²) >= 11 is 7.86. The highest BCUT2D eigenvalue weighted by molar-refractivity contribution is 7.99. The third-order valence-corrected chi connectivity index (χ3v) is 6.59. The van der Waals surface area contributed by atoms with E-state index in [0.29, 0.717) is 18.0 Å². The largest absolute Gasteiger partial charge is 0.355 e. The molecule has 2 aliphatic rings. The summed E-state index contributed by atoms with van der Waals surface area (Å²) in [5.74, 6) is 2.26. The molecule has 1 unspecified atom stereocenters. The lowest BCUT2D eigenvalue weighted by Crippen LogP contribution is -2.42. The number of rotatable bonds is 5. The standard InChI is InChI=1S/C20H27ClN2O2S/c21-17-8-6-15(7-9-17)18-14-26-13-12-23(18)19(24)10-11-22-20(25)16-4-2-1-3-5-16/h6-9,16,18H,1-5,10-14H2,(H,22,25). The zero-order chi connectivity index (χ0) is 18.4. The van der Waals surface area contributed by atoms with Crippen molar-refractivity contribution in [1.29, 1.82) is 0 Å². The highest BCUT2D eigenvalue weighted by Crippen LogP contribution is 2.30. The van der Waals surface area contributed by atoms with Gasteiger partial charge >= 0.3 is 0 Å². The SMILES string of the molecule is O=C(NCCC(=O)N1CCSCC1c1ccc(Cl)cc1)C1CCCCC1. The molecule has 1 saturated carbocycles. The molecule has 1 aromatic carbocycles. The highest BCUT2D eigenvalue weighted by atomic mass is 35.5. The highest BCUT2D eigenvalue weighted by Gasteiger charge is 2.28. The summed E-state index contributed by atoms with van der Waals surface area (Å²) in [6, 6.07) is 7.85. The van der Waals surface area contributed by atoms with Crippen LogP contribution in [0, 0.1) is 5.92 Å². The van der Waals surface area contributed by atoms with E-state index < -0.39 is 0 Å². The van der Waals surface area contributed by atoms with Crippen molar-refractivity contribution >= 4 is 35.2 Å². The van der Waals surface area contributed by atoms with Gasteiger partial charge in [0.05, 0.1) is 6.04 Å². The lowest BCUT2D eigenvalue weighted by molar-refractivity contribution is -0.133. The molecule has 3 rings (SSSR count). The molecule has 6 heteroatoms. The van der Waals surface area contributed by atoms with Crippen molar-refractivity contribution in [1.82, 2.24) is 10.2 Å². The van der Waals surface area contributed by atoms with Crippen molar-refractivity contribution in [2.75, 3.05) is 24.6 Å². The molecule has 1 N–H and O–H groups in total. The van der Waals surface area contributed by atoms with Crippen molar-refractivity contribution in [3.05, 3.63) is 34.9 Å². The van der Waals surface area contributed by atoms with Gasteiger partial charge in [0, 0.05) is 42.0 Å². The second-order valence-electron chi connectivity index (χ2n) is 7.11. The van der Waals surface area contributed by atoms with E-state index in [1.54, 1.807) is 0 Å². The van der Waals surface area contributed by atoms with Crippen molar-refractivity contribution in [3.63, 3.8) is 0 Å². The Morgan fingerprint density at radius 3 is 2.62 bits per heavy atom. The number of nitrogens with zero attached hydrogens (tertiary/aromatic N) is 1. The van der Waals surface area contributed by atoms with Crippen LogP contribution in [0.25, 0.3) is 0 Å². The second-order valence-corrected chi connectivity index (χ2v) is 8.69. The molecule has 1 atom stereocenters. The van der Waals surface area contributed by atoms with Gasteiger partial charge < -0.3 is 10.2 Å². The van der Waals surface area contributed by atoms with Gasteiger partial charge in [-0.3, -0.25) is 9.59 Å². The third-order valence-electron chi connectivity index (χ3n) is 5.32. The Kier molecular flexibility index (Phi) is 7.26. The molecule has 26 heavy (non-hydrogen) atoms. The molecular formula is C20H27ClN2O2S. The molecule has 1 aromatic rings. The van der Waals surface area contributed by atoms with E-state index >= 15 is 0 Å². The van der Waals surface area contributed by atoms with Crippen LogP contribution in [0.15, 0.2) is 24.3 Å². The molecule has 1 aliphatic carbocycles. The van der Waals surface area contributed by atoms with E-state index in [2.05, 4.69) is 5.32 Å². The van der Waals surface area contributed by atoms with Crippen molar-refractivity contribution in [2.45, 2.75) is 44.6 Å². The van der Waals surface area contributed by atoms with E-state index in [1.165, 1.54) is 6.42 Å². The first kappa shape index (κ1) is 19.6. The van der Waals surface area contributed by atoms with Gasteiger partial charge in [-0.15, -0.1) is 0 Å². The lowest BCUT2D eigenvalue weighted by atomic mass is 9.89. The fourth-order valence-corrected chi connectivity index (χ4v) is 5.02. The first-order valence-electron chi connectivity index (χ1n) is 9.55. The minimum Gasteiger partial charge on any atom is -0.355 e. The van der Waals surface area contributed by atoms with Crippen LogP contribution in [-0.4, -0.2) is 41.3 Å². The molecule has 0 radical (unpaired) electrons. The van der Waals surface area contributed by atoms with Crippen molar-refractivity contribution in [3.8, 4) is 0 Å². The molecule has 0 aromatic heterocycles. The summed E-state index contributed by atoms with van der Waals surface area (Å²) < 4.78 is 0. The molecule has 1 heterocycles. The number of thioether (sulfide) groups is 1. The summed E-state index contributed by atoms with van der Waals surface area (Å²) in [4.78, 5) is 26.9. The van der Waals surface area contributed by atoms with Gasteiger partial charge in [-0.25, -0.2) is 0 Å². The summed E-state index contributed by atoms with van der Waals surface area (Å²) in [6.07, 6.45) is 5.87. The molecule has 0 spiro atoms. The lowest BCUT2D eigenvalue weighted by Gasteiger charge is -2.36. The fourth-order valence-electron chi connectivity index (χ4n) is 3.81. The molecule has 2 amide bonds. The average molecular weight is 395 g/mol. The van der Waals surface area contributed by atoms with Crippen molar-refractivity contribution in [2.24, 2.45) is 5.92 Å². The topological polar surface area (TPSA) is 49.4 Å². The number of carbonyl (C=O) groups excluding carboxylic acids is 2. The van der Waals surface area contributed by atoms with Crippen LogP contribution in [0.3, 0.4) is 0 Å². The van der Waals surface area contributed by atoms with Gasteiger partial charge in [-0.1, -0.05) is 43.0 Å². The van der Waals surface area contributed by atoms with Gasteiger partial charge in [0.25, 0.3) is 0 Å². The maximum atomic E-state index is 12.7. The van der Waals surface area contributed by atoms with E-state index in [0.717, 1.165) is 49.3 Å². The molecule has 4 nitrogen and oxygen atoms in total. The van der Waals surface area contributed by atoms with E-state index in [4.69, 9.17) is 11.6 Å². The van der Waals surface area contributed by atoms with Crippen LogP contribution >= 0.6 is 23.4 Å². The van der Waals surface area contributed by atoms with Gasteiger partial charge in [-0.2, -0.15) is 11.8 Å². The normalized spacial score (nSPS) is 21.4. The van der Waals surface area contributed by atoms with Gasteiger partial charge in [0.15, 0.2) is 0 Å². The Hall–Kier alpha value is -1.20. The second kappa shape index (κ2) is 9.65. The van der Waals surface area contributed by atoms with Gasteiger partial charge in [0.2, 0.25) is 11.8 Å². The van der Waals surface area contributed by atoms with Gasteiger partial charge in [0.1, 0.15) is 0 Å². The van der Waals surface area contributed by atoms with Crippen LogP contribution in [0.4, 0.5) is 0 Å². The predicted molar refractivity (Wildman–Crippen MR) is 107 cm³/mol. The number of hydrogen-bond acceptors (Lipinski definition) is 3. The summed E-state index contributed by atoms with van der Waals surface area (Å²) in [5.41, 5.74) is 1.13. The molecule has 1 saturated heterocycles. The third kappa shape index (κ3) is 5.17. The molecular weight excluding hydrogens is 368 g/mol. The summed E-state index contributed by atoms with van der Waals surface area (Å²) in [6.45, 7) is 1.19. The van der Waals surface area contributed by atoms with Crippen LogP contribution in [-0.2, 0) is 9.59 Å². The number of nitrogens with one attached hydrogen (secondary N) is 1. The minimum absolute atomic E-state index is 0.0903. The number of carbonyl (C=O) groups is 2.